The van der Waals surface area contributed by atoms with Crippen LogP contribution in [0, 0.1) is 0 Å². The van der Waals surface area contributed by atoms with Crippen LogP contribution in [0.2, 0.25) is 0 Å². The summed E-state index contributed by atoms with van der Waals surface area (Å²) in [5.41, 5.74) is 2.27. The number of hydrogen-bond donors (Lipinski definition) is 1. The Balaban J connectivity index is 2.17. The van der Waals surface area contributed by atoms with Gasteiger partial charge in [-0.05, 0) is 43.6 Å². The second-order valence-electron chi connectivity index (χ2n) is 4.58. The predicted octanol–water partition coefficient (Wildman–Crippen LogP) is 4.12. The fourth-order valence-corrected chi connectivity index (χ4v) is 2.34. The van der Waals surface area contributed by atoms with Crippen molar-refractivity contribution in [2.45, 2.75) is 38.0 Å². The first-order valence-corrected chi connectivity index (χ1v) is 6.30. The highest BCUT2D eigenvalue weighted by atomic mass is 16.4. The average Bonchev–Trinajstić information content (AvgIpc) is 2.51. The third-order valence-corrected chi connectivity index (χ3v) is 3.32. The van der Waals surface area contributed by atoms with Crippen molar-refractivity contribution in [3.8, 4) is 0 Å². The van der Waals surface area contributed by atoms with Crippen LogP contribution in [0.1, 0.15) is 43.6 Å². The number of nitrogens with zero attached hydrogens (tertiary/aromatic N) is 1. The van der Waals surface area contributed by atoms with Gasteiger partial charge in [0.15, 0.2) is 0 Å². The molecule has 17 heavy (non-hydrogen) atoms. The molecule has 0 amide bonds. The highest BCUT2D eigenvalue weighted by Gasteiger charge is 2.14. The largest absolute Gasteiger partial charge is 0.411 e. The maximum atomic E-state index is 9.03. The first-order chi connectivity index (χ1) is 8.40. The van der Waals surface area contributed by atoms with Gasteiger partial charge in [-0.3, -0.25) is 0 Å². The summed E-state index contributed by atoms with van der Waals surface area (Å²) in [6.07, 6.45) is 9.48. The Labute approximate surface area is 103 Å². The zero-order chi connectivity index (χ0) is 11.9. The molecule has 90 valence electrons. The minimum absolute atomic E-state index is 0.441. The number of rotatable bonds is 1. The van der Waals surface area contributed by atoms with E-state index in [1.54, 1.807) is 0 Å². The Hall–Kier alpha value is -1.57. The lowest BCUT2D eigenvalue weighted by Gasteiger charge is -2.15. The molecule has 0 spiro atoms. The van der Waals surface area contributed by atoms with Crippen molar-refractivity contribution < 1.29 is 5.21 Å². The summed E-state index contributed by atoms with van der Waals surface area (Å²) in [7, 11) is 0. The third kappa shape index (κ3) is 3.45. The van der Waals surface area contributed by atoms with Crippen LogP contribution >= 0.6 is 0 Å². The van der Waals surface area contributed by atoms with Gasteiger partial charge in [-0.15, -0.1) is 0 Å². The highest BCUT2D eigenvalue weighted by molar-refractivity contribution is 5.84. The Morgan fingerprint density at radius 1 is 1.12 bits per heavy atom. The molecule has 2 rings (SSSR count). The van der Waals surface area contributed by atoms with E-state index in [2.05, 4.69) is 41.6 Å². The van der Waals surface area contributed by atoms with Gasteiger partial charge < -0.3 is 5.21 Å². The zero-order valence-corrected chi connectivity index (χ0v) is 10.0. The minimum Gasteiger partial charge on any atom is -0.411 e. The van der Waals surface area contributed by atoms with E-state index in [1.807, 2.05) is 6.07 Å². The summed E-state index contributed by atoms with van der Waals surface area (Å²) in [6.45, 7) is 0. The third-order valence-electron chi connectivity index (χ3n) is 3.32. The van der Waals surface area contributed by atoms with E-state index in [0.29, 0.717) is 5.92 Å². The summed E-state index contributed by atoms with van der Waals surface area (Å²) >= 11 is 0. The molecule has 0 radical (unpaired) electrons. The van der Waals surface area contributed by atoms with Gasteiger partial charge in [0, 0.05) is 0 Å². The molecule has 1 N–H and O–H groups in total. The molecule has 0 aliphatic heterocycles. The van der Waals surface area contributed by atoms with Crippen molar-refractivity contribution >= 4 is 5.71 Å². The Morgan fingerprint density at radius 3 is 2.71 bits per heavy atom. The van der Waals surface area contributed by atoms with Crippen molar-refractivity contribution in [1.82, 2.24) is 0 Å². The molecular formula is C15H19NO. The molecule has 2 nitrogen and oxygen atoms in total. The molecule has 1 atom stereocenters. The van der Waals surface area contributed by atoms with E-state index < -0.39 is 0 Å². The van der Waals surface area contributed by atoms with Crippen LogP contribution in [0.25, 0.3) is 0 Å². The van der Waals surface area contributed by atoms with Gasteiger partial charge in [0.25, 0.3) is 0 Å². The second kappa shape index (κ2) is 6.24. The van der Waals surface area contributed by atoms with Crippen LogP contribution in [-0.4, -0.2) is 10.9 Å². The van der Waals surface area contributed by atoms with Gasteiger partial charge in [-0.1, -0.05) is 47.6 Å². The fourth-order valence-electron chi connectivity index (χ4n) is 2.34. The van der Waals surface area contributed by atoms with Crippen LogP contribution < -0.4 is 0 Å². The lowest BCUT2D eigenvalue weighted by molar-refractivity contribution is 0.315. The Bertz CT molecular complexity index is 395. The lowest BCUT2D eigenvalue weighted by Crippen LogP contribution is -2.06. The maximum absolute atomic E-state index is 9.03. The zero-order valence-electron chi connectivity index (χ0n) is 10.0. The van der Waals surface area contributed by atoms with Gasteiger partial charge in [-0.25, -0.2) is 0 Å². The van der Waals surface area contributed by atoms with E-state index in [0.717, 1.165) is 37.8 Å². The number of hydrogen-bond acceptors (Lipinski definition) is 2. The predicted molar refractivity (Wildman–Crippen MR) is 70.6 cm³/mol. The molecule has 0 aromatic heterocycles. The first-order valence-electron chi connectivity index (χ1n) is 6.30. The summed E-state index contributed by atoms with van der Waals surface area (Å²) < 4.78 is 0. The van der Waals surface area contributed by atoms with Crippen LogP contribution in [0.3, 0.4) is 0 Å². The molecule has 1 aromatic rings. The molecule has 1 aliphatic rings. The van der Waals surface area contributed by atoms with Crippen molar-refractivity contribution in [3.05, 3.63) is 48.0 Å². The van der Waals surface area contributed by atoms with E-state index in [4.69, 9.17) is 5.21 Å². The van der Waals surface area contributed by atoms with E-state index in [1.165, 1.54) is 5.56 Å². The molecule has 0 fully saturated rings. The van der Waals surface area contributed by atoms with Crippen molar-refractivity contribution in [2.75, 3.05) is 0 Å². The quantitative estimate of drug-likeness (QED) is 0.438. The second-order valence-corrected chi connectivity index (χ2v) is 4.58. The first kappa shape index (κ1) is 11.9. The van der Waals surface area contributed by atoms with Crippen molar-refractivity contribution in [3.63, 3.8) is 0 Å². The molecule has 0 heterocycles. The van der Waals surface area contributed by atoms with Gasteiger partial charge in [-0.2, -0.15) is 0 Å². The van der Waals surface area contributed by atoms with Crippen molar-refractivity contribution in [1.29, 1.82) is 0 Å². The topological polar surface area (TPSA) is 32.6 Å². The number of allylic oxidation sites excluding steroid dienone is 2. The van der Waals surface area contributed by atoms with Gasteiger partial charge in [0.1, 0.15) is 0 Å². The number of benzene rings is 1. The fraction of sp³-hybridized carbons (Fsp3) is 0.400. The molecular weight excluding hydrogens is 210 g/mol. The highest BCUT2D eigenvalue weighted by Crippen LogP contribution is 2.26. The molecule has 2 heteroatoms. The minimum atomic E-state index is 0.441. The molecule has 1 aliphatic carbocycles. The monoisotopic (exact) mass is 229 g/mol. The summed E-state index contributed by atoms with van der Waals surface area (Å²) in [5, 5.41) is 12.5. The molecule has 0 saturated heterocycles. The van der Waals surface area contributed by atoms with Crippen molar-refractivity contribution in [2.24, 2.45) is 5.16 Å². The van der Waals surface area contributed by atoms with Gasteiger partial charge in [0.2, 0.25) is 0 Å². The van der Waals surface area contributed by atoms with E-state index >= 15 is 0 Å². The van der Waals surface area contributed by atoms with Crippen LogP contribution in [0.5, 0.6) is 0 Å². The van der Waals surface area contributed by atoms with E-state index in [9.17, 15) is 0 Å². The summed E-state index contributed by atoms with van der Waals surface area (Å²) in [5.74, 6) is 0.441. The Morgan fingerprint density at radius 2 is 1.94 bits per heavy atom. The van der Waals surface area contributed by atoms with Crippen LogP contribution in [0.4, 0.5) is 0 Å². The lowest BCUT2D eigenvalue weighted by atomic mass is 9.90. The van der Waals surface area contributed by atoms with Crippen LogP contribution in [0.15, 0.2) is 47.6 Å². The molecule has 1 unspecified atom stereocenters. The van der Waals surface area contributed by atoms with Gasteiger partial charge in [0.05, 0.1) is 5.71 Å². The van der Waals surface area contributed by atoms with E-state index in [-0.39, 0.29) is 0 Å². The summed E-state index contributed by atoms with van der Waals surface area (Å²) in [4.78, 5) is 0. The molecule has 0 saturated carbocycles. The average molecular weight is 229 g/mol. The van der Waals surface area contributed by atoms with Crippen LogP contribution in [-0.2, 0) is 0 Å². The van der Waals surface area contributed by atoms with Gasteiger partial charge >= 0.3 is 0 Å². The normalized spacial score (nSPS) is 25.9. The Kier molecular flexibility index (Phi) is 4.37. The standard InChI is InChI=1S/C15H19NO/c17-16-15-11-7-2-1-4-10-14(12-15)13-8-5-3-6-9-13/h1,3-6,8-9,14,17H,2,7,10-12H2/b4-1+,16-15-. The smallest absolute Gasteiger partial charge is 0.0577 e. The SMILES string of the molecule is O/N=C1/CCC/C=C/CC(c2ccccc2)C1. The summed E-state index contributed by atoms with van der Waals surface area (Å²) in [6, 6.07) is 10.5. The molecule has 0 bridgehead atoms. The number of oxime groups is 1. The molecule has 1 aromatic carbocycles. The maximum Gasteiger partial charge on any atom is 0.0577 e.